The molecular formula is C19H19Cl2FN2O. The zero-order valence-corrected chi connectivity index (χ0v) is 15.2. The van der Waals surface area contributed by atoms with E-state index in [9.17, 15) is 9.18 Å². The second-order valence-corrected chi connectivity index (χ2v) is 7.11. The minimum Gasteiger partial charge on any atom is -0.326 e. The number of amides is 1. The van der Waals surface area contributed by atoms with E-state index in [1.54, 1.807) is 12.1 Å². The topological polar surface area (TPSA) is 32.3 Å². The second kappa shape index (κ2) is 8.17. The van der Waals surface area contributed by atoms with Crippen molar-refractivity contribution in [2.45, 2.75) is 19.4 Å². The van der Waals surface area contributed by atoms with Crippen molar-refractivity contribution in [3.05, 3.63) is 63.9 Å². The molecule has 1 fully saturated rings. The molecule has 3 nitrogen and oxygen atoms in total. The van der Waals surface area contributed by atoms with Gasteiger partial charge in [-0.3, -0.25) is 9.69 Å². The van der Waals surface area contributed by atoms with Gasteiger partial charge in [-0.15, -0.1) is 0 Å². The van der Waals surface area contributed by atoms with Crippen molar-refractivity contribution >= 4 is 34.8 Å². The lowest BCUT2D eigenvalue weighted by atomic mass is 9.95. The second-order valence-electron chi connectivity index (χ2n) is 6.30. The fourth-order valence-electron chi connectivity index (χ4n) is 3.03. The predicted octanol–water partition coefficient (Wildman–Crippen LogP) is 4.98. The number of nitrogens with zero attached hydrogens (tertiary/aromatic N) is 1. The van der Waals surface area contributed by atoms with Crippen molar-refractivity contribution in [3.8, 4) is 0 Å². The molecule has 132 valence electrons. The van der Waals surface area contributed by atoms with Crippen molar-refractivity contribution in [2.75, 3.05) is 18.4 Å². The van der Waals surface area contributed by atoms with E-state index in [0.29, 0.717) is 15.7 Å². The summed E-state index contributed by atoms with van der Waals surface area (Å²) in [5.74, 6) is -0.329. The molecule has 1 N–H and O–H groups in total. The first-order chi connectivity index (χ1) is 12.0. The highest BCUT2D eigenvalue weighted by Crippen LogP contribution is 2.25. The van der Waals surface area contributed by atoms with Crippen molar-refractivity contribution in [2.24, 2.45) is 5.92 Å². The number of piperidine rings is 1. The largest absolute Gasteiger partial charge is 0.326 e. The predicted molar refractivity (Wildman–Crippen MR) is 99.5 cm³/mol. The number of carbonyl (C=O) groups excluding carboxylic acids is 1. The van der Waals surface area contributed by atoms with Gasteiger partial charge in [-0.05, 0) is 67.9 Å². The summed E-state index contributed by atoms with van der Waals surface area (Å²) in [5.41, 5.74) is 1.74. The molecule has 25 heavy (non-hydrogen) atoms. The quantitative estimate of drug-likeness (QED) is 0.810. The molecule has 0 aromatic heterocycles. The van der Waals surface area contributed by atoms with Crippen LogP contribution in [0.1, 0.15) is 18.4 Å². The van der Waals surface area contributed by atoms with Crippen LogP contribution in [0.2, 0.25) is 10.0 Å². The van der Waals surface area contributed by atoms with Crippen LogP contribution in [0.5, 0.6) is 0 Å². The molecule has 0 bridgehead atoms. The third kappa shape index (κ3) is 4.94. The average Bonchev–Trinajstić information content (AvgIpc) is 2.61. The molecule has 2 aromatic rings. The lowest BCUT2D eigenvalue weighted by Gasteiger charge is -2.31. The Kier molecular flexibility index (Phi) is 5.94. The first kappa shape index (κ1) is 18.2. The summed E-state index contributed by atoms with van der Waals surface area (Å²) in [6, 6.07) is 11.5. The Balaban J connectivity index is 1.50. The number of hydrogen-bond acceptors (Lipinski definition) is 2. The molecule has 1 saturated heterocycles. The third-order valence-electron chi connectivity index (χ3n) is 4.46. The maximum Gasteiger partial charge on any atom is 0.227 e. The smallest absolute Gasteiger partial charge is 0.227 e. The SMILES string of the molecule is O=C(Nc1ccc(F)cc1)C1CCN(Cc2ccc(Cl)c(Cl)c2)CC1. The van der Waals surface area contributed by atoms with Crippen LogP contribution in [0.3, 0.4) is 0 Å². The standard InChI is InChI=1S/C19H19Cl2FN2O/c20-17-6-1-13(11-18(17)21)12-24-9-7-14(8-10-24)19(25)23-16-4-2-15(22)3-5-16/h1-6,11,14H,7-10,12H2,(H,23,25). The monoisotopic (exact) mass is 380 g/mol. The van der Waals surface area contributed by atoms with E-state index in [4.69, 9.17) is 23.2 Å². The molecule has 2 aromatic carbocycles. The molecule has 3 rings (SSSR count). The van der Waals surface area contributed by atoms with Gasteiger partial charge in [0.2, 0.25) is 5.91 Å². The Morgan fingerprint density at radius 1 is 1.08 bits per heavy atom. The third-order valence-corrected chi connectivity index (χ3v) is 5.20. The van der Waals surface area contributed by atoms with Crippen LogP contribution in [0.25, 0.3) is 0 Å². The van der Waals surface area contributed by atoms with E-state index in [1.165, 1.54) is 12.1 Å². The summed E-state index contributed by atoms with van der Waals surface area (Å²) in [4.78, 5) is 14.7. The van der Waals surface area contributed by atoms with E-state index in [-0.39, 0.29) is 17.6 Å². The van der Waals surface area contributed by atoms with Crippen LogP contribution in [0.4, 0.5) is 10.1 Å². The van der Waals surface area contributed by atoms with Gasteiger partial charge in [0.1, 0.15) is 5.82 Å². The van der Waals surface area contributed by atoms with Crippen molar-refractivity contribution < 1.29 is 9.18 Å². The van der Waals surface area contributed by atoms with Gasteiger partial charge in [0, 0.05) is 18.2 Å². The fraction of sp³-hybridized carbons (Fsp3) is 0.316. The Morgan fingerprint density at radius 3 is 2.40 bits per heavy atom. The van der Waals surface area contributed by atoms with Crippen molar-refractivity contribution in [1.82, 2.24) is 4.90 Å². The molecule has 1 heterocycles. The molecule has 0 aliphatic carbocycles. The number of carbonyl (C=O) groups is 1. The van der Waals surface area contributed by atoms with Gasteiger partial charge in [-0.25, -0.2) is 4.39 Å². The summed E-state index contributed by atoms with van der Waals surface area (Å²) in [6.07, 6.45) is 1.60. The molecule has 6 heteroatoms. The van der Waals surface area contributed by atoms with Crippen LogP contribution in [-0.2, 0) is 11.3 Å². The van der Waals surface area contributed by atoms with E-state index < -0.39 is 0 Å². The first-order valence-electron chi connectivity index (χ1n) is 8.24. The number of benzene rings is 2. The average molecular weight is 381 g/mol. The highest BCUT2D eigenvalue weighted by atomic mass is 35.5. The first-order valence-corrected chi connectivity index (χ1v) is 8.99. The molecule has 0 radical (unpaired) electrons. The summed E-state index contributed by atoms with van der Waals surface area (Å²) in [6.45, 7) is 2.49. The molecule has 1 amide bonds. The number of likely N-dealkylation sites (tertiary alicyclic amines) is 1. The lowest BCUT2D eigenvalue weighted by Crippen LogP contribution is -2.37. The Labute approximate surface area is 156 Å². The maximum absolute atomic E-state index is 12.9. The summed E-state index contributed by atoms with van der Waals surface area (Å²) in [5, 5.41) is 3.98. The van der Waals surface area contributed by atoms with Crippen LogP contribution < -0.4 is 5.32 Å². The van der Waals surface area contributed by atoms with Crippen molar-refractivity contribution in [1.29, 1.82) is 0 Å². The van der Waals surface area contributed by atoms with E-state index in [1.807, 2.05) is 18.2 Å². The summed E-state index contributed by atoms with van der Waals surface area (Å²) in [7, 11) is 0. The highest BCUT2D eigenvalue weighted by Gasteiger charge is 2.25. The minimum absolute atomic E-state index is 0.000737. The zero-order chi connectivity index (χ0) is 17.8. The number of hydrogen-bond donors (Lipinski definition) is 1. The summed E-state index contributed by atoms with van der Waals surface area (Å²) >= 11 is 12.0. The molecule has 0 spiro atoms. The van der Waals surface area contributed by atoms with E-state index in [2.05, 4.69) is 10.2 Å². The van der Waals surface area contributed by atoms with Gasteiger partial charge in [0.05, 0.1) is 10.0 Å². The van der Waals surface area contributed by atoms with Crippen molar-refractivity contribution in [3.63, 3.8) is 0 Å². The number of halogens is 3. The van der Waals surface area contributed by atoms with Crippen LogP contribution in [0, 0.1) is 11.7 Å². The maximum atomic E-state index is 12.9. The minimum atomic E-state index is -0.311. The Morgan fingerprint density at radius 2 is 1.76 bits per heavy atom. The normalized spacial score (nSPS) is 16.0. The lowest BCUT2D eigenvalue weighted by molar-refractivity contribution is -0.121. The van der Waals surface area contributed by atoms with Crippen LogP contribution in [0.15, 0.2) is 42.5 Å². The van der Waals surface area contributed by atoms with Gasteiger partial charge in [0.25, 0.3) is 0 Å². The molecule has 0 atom stereocenters. The van der Waals surface area contributed by atoms with Gasteiger partial charge in [0.15, 0.2) is 0 Å². The fourth-order valence-corrected chi connectivity index (χ4v) is 3.35. The molecule has 1 aliphatic heterocycles. The molecule has 0 saturated carbocycles. The number of rotatable bonds is 4. The van der Waals surface area contributed by atoms with Crippen LogP contribution in [-0.4, -0.2) is 23.9 Å². The number of nitrogens with one attached hydrogen (secondary N) is 1. The van der Waals surface area contributed by atoms with Gasteiger partial charge in [-0.2, -0.15) is 0 Å². The Hall–Kier alpha value is -1.62. The molecular weight excluding hydrogens is 362 g/mol. The summed E-state index contributed by atoms with van der Waals surface area (Å²) < 4.78 is 12.9. The zero-order valence-electron chi connectivity index (χ0n) is 13.6. The van der Waals surface area contributed by atoms with E-state index in [0.717, 1.165) is 38.0 Å². The number of anilines is 1. The van der Waals surface area contributed by atoms with E-state index >= 15 is 0 Å². The highest BCUT2D eigenvalue weighted by molar-refractivity contribution is 6.42. The molecule has 0 unspecified atom stereocenters. The van der Waals surface area contributed by atoms with Gasteiger partial charge >= 0.3 is 0 Å². The molecule has 1 aliphatic rings. The van der Waals surface area contributed by atoms with Gasteiger partial charge in [-0.1, -0.05) is 29.3 Å². The Bertz CT molecular complexity index is 744. The van der Waals surface area contributed by atoms with Gasteiger partial charge < -0.3 is 5.32 Å². The van der Waals surface area contributed by atoms with Crippen LogP contribution >= 0.6 is 23.2 Å².